The summed E-state index contributed by atoms with van der Waals surface area (Å²) in [5, 5.41) is 1.67. The Hall–Kier alpha value is -1.99. The van der Waals surface area contributed by atoms with Gasteiger partial charge in [0.15, 0.2) is 0 Å². The van der Waals surface area contributed by atoms with E-state index in [4.69, 9.17) is 0 Å². The quantitative estimate of drug-likeness (QED) is 0.939. The van der Waals surface area contributed by atoms with E-state index in [-0.39, 0.29) is 4.88 Å². The van der Waals surface area contributed by atoms with Gasteiger partial charge in [-0.15, -0.1) is 11.3 Å². The molecule has 7 heteroatoms. The van der Waals surface area contributed by atoms with E-state index < -0.39 is 15.9 Å². The zero-order valence-corrected chi connectivity index (χ0v) is 12.2. The van der Waals surface area contributed by atoms with Gasteiger partial charge in [0.1, 0.15) is 4.88 Å². The minimum Gasteiger partial charge on any atom is -0.267 e. The molecule has 0 saturated carbocycles. The van der Waals surface area contributed by atoms with Crippen molar-refractivity contribution in [3.8, 4) is 0 Å². The summed E-state index contributed by atoms with van der Waals surface area (Å²) in [4.78, 5) is 15.9. The van der Waals surface area contributed by atoms with Crippen molar-refractivity contribution >= 4 is 33.3 Å². The molecule has 104 valence electrons. The van der Waals surface area contributed by atoms with E-state index in [1.165, 1.54) is 12.3 Å². The monoisotopic (exact) mass is 308 g/mol. The molecule has 0 aliphatic rings. The van der Waals surface area contributed by atoms with Crippen LogP contribution in [0.15, 0.2) is 41.9 Å². The second-order valence-corrected chi connectivity index (χ2v) is 6.73. The molecule has 0 saturated heterocycles. The Bertz CT molecular complexity index is 734. The molecule has 1 aromatic carbocycles. The lowest BCUT2D eigenvalue weighted by Crippen LogP contribution is -2.28. The number of nitrogens with one attached hydrogen (secondary N) is 1. The molecular formula is C13H12N2O3S2. The van der Waals surface area contributed by atoms with Crippen LogP contribution in [0.3, 0.4) is 0 Å². The molecule has 1 amide bonds. The summed E-state index contributed by atoms with van der Waals surface area (Å²) < 4.78 is 25.5. The first-order valence-electron chi connectivity index (χ1n) is 5.69. The van der Waals surface area contributed by atoms with Crippen LogP contribution in [0.2, 0.25) is 0 Å². The van der Waals surface area contributed by atoms with Crippen LogP contribution in [-0.4, -0.2) is 19.3 Å². The predicted octanol–water partition coefficient (Wildman–Crippen LogP) is 2.18. The van der Waals surface area contributed by atoms with Crippen LogP contribution in [0.1, 0.15) is 20.2 Å². The molecule has 0 spiro atoms. The van der Waals surface area contributed by atoms with E-state index >= 15 is 0 Å². The molecule has 5 nitrogen and oxygen atoms in total. The van der Waals surface area contributed by atoms with Crippen molar-refractivity contribution in [1.82, 2.24) is 9.71 Å². The Morgan fingerprint density at radius 2 is 2.00 bits per heavy atom. The van der Waals surface area contributed by atoms with E-state index in [0.29, 0.717) is 5.01 Å². The molecule has 0 atom stereocenters. The smallest absolute Gasteiger partial charge is 0.267 e. The summed E-state index contributed by atoms with van der Waals surface area (Å²) in [6.45, 7) is 1.74. The third-order valence-corrected chi connectivity index (χ3v) is 4.20. The molecule has 0 unspecified atom stereocenters. The van der Waals surface area contributed by atoms with E-state index in [1.807, 2.05) is 10.8 Å². The Labute approximate surface area is 121 Å². The molecule has 2 aromatic rings. The second kappa shape index (κ2) is 5.98. The number of carbonyl (C=O) groups is 1. The summed E-state index contributed by atoms with van der Waals surface area (Å²) in [5.74, 6) is -0.673. The first-order valence-corrected chi connectivity index (χ1v) is 8.05. The standard InChI is InChI=1S/C13H12N2O3S2/c1-10-14-9-12(19-10)13(16)15-20(17,18)8-7-11-5-3-2-4-6-11/h2-9H,1H3,(H,15,16)/b8-7-. The van der Waals surface area contributed by atoms with Crippen LogP contribution in [0, 0.1) is 6.92 Å². The fourth-order valence-corrected chi connectivity index (χ4v) is 2.92. The van der Waals surface area contributed by atoms with Crippen LogP contribution in [0.5, 0.6) is 0 Å². The second-order valence-electron chi connectivity index (χ2n) is 3.93. The average Bonchev–Trinajstić information content (AvgIpc) is 2.84. The molecule has 1 heterocycles. The van der Waals surface area contributed by atoms with Crippen LogP contribution < -0.4 is 4.72 Å². The summed E-state index contributed by atoms with van der Waals surface area (Å²) >= 11 is 1.14. The van der Waals surface area contributed by atoms with Gasteiger partial charge in [-0.1, -0.05) is 30.3 Å². The minimum atomic E-state index is -3.82. The lowest BCUT2D eigenvalue weighted by molar-refractivity contribution is 0.0985. The average molecular weight is 308 g/mol. The Morgan fingerprint density at radius 1 is 1.30 bits per heavy atom. The highest BCUT2D eigenvalue weighted by molar-refractivity contribution is 7.93. The van der Waals surface area contributed by atoms with Crippen molar-refractivity contribution in [1.29, 1.82) is 0 Å². The number of rotatable bonds is 4. The Kier molecular flexibility index (Phi) is 4.31. The van der Waals surface area contributed by atoms with Crippen molar-refractivity contribution in [3.63, 3.8) is 0 Å². The maximum atomic E-state index is 11.8. The van der Waals surface area contributed by atoms with Gasteiger partial charge in [0, 0.05) is 0 Å². The van der Waals surface area contributed by atoms with Crippen molar-refractivity contribution in [3.05, 3.63) is 57.4 Å². The van der Waals surface area contributed by atoms with Gasteiger partial charge in [-0.2, -0.15) is 0 Å². The molecule has 0 aliphatic heterocycles. The maximum Gasteiger partial charge on any atom is 0.276 e. The van der Waals surface area contributed by atoms with Crippen molar-refractivity contribution in [2.45, 2.75) is 6.92 Å². The van der Waals surface area contributed by atoms with Crippen LogP contribution in [0.25, 0.3) is 6.08 Å². The number of benzene rings is 1. The number of hydrogen-bond acceptors (Lipinski definition) is 5. The number of hydrogen-bond donors (Lipinski definition) is 1. The number of aromatic nitrogens is 1. The molecular weight excluding hydrogens is 296 g/mol. The van der Waals surface area contributed by atoms with Crippen LogP contribution >= 0.6 is 11.3 Å². The lowest BCUT2D eigenvalue weighted by Gasteiger charge is -2.00. The highest BCUT2D eigenvalue weighted by Gasteiger charge is 2.15. The van der Waals surface area contributed by atoms with Gasteiger partial charge in [-0.3, -0.25) is 4.79 Å². The van der Waals surface area contributed by atoms with Crippen molar-refractivity contribution < 1.29 is 13.2 Å². The van der Waals surface area contributed by atoms with Gasteiger partial charge in [0.25, 0.3) is 15.9 Å². The van der Waals surface area contributed by atoms with Crippen LogP contribution in [-0.2, 0) is 10.0 Å². The fraction of sp³-hybridized carbons (Fsp3) is 0.0769. The summed E-state index contributed by atoms with van der Waals surface area (Å²) in [7, 11) is -3.82. The molecule has 0 fully saturated rings. The summed E-state index contributed by atoms with van der Waals surface area (Å²) in [5.41, 5.74) is 0.735. The van der Waals surface area contributed by atoms with Crippen LogP contribution in [0.4, 0.5) is 0 Å². The molecule has 0 bridgehead atoms. The molecule has 2 rings (SSSR count). The van der Waals surface area contributed by atoms with Gasteiger partial charge >= 0.3 is 0 Å². The zero-order chi connectivity index (χ0) is 14.6. The van der Waals surface area contributed by atoms with Gasteiger partial charge in [0.05, 0.1) is 16.6 Å². The van der Waals surface area contributed by atoms with E-state index in [0.717, 1.165) is 22.3 Å². The van der Waals surface area contributed by atoms with E-state index in [9.17, 15) is 13.2 Å². The van der Waals surface area contributed by atoms with Gasteiger partial charge < -0.3 is 0 Å². The lowest BCUT2D eigenvalue weighted by atomic mass is 10.2. The summed E-state index contributed by atoms with van der Waals surface area (Å²) in [6, 6.07) is 8.95. The Morgan fingerprint density at radius 3 is 2.60 bits per heavy atom. The first kappa shape index (κ1) is 14.4. The number of thiazole rings is 1. The van der Waals surface area contributed by atoms with Crippen molar-refractivity contribution in [2.24, 2.45) is 0 Å². The number of sulfonamides is 1. The van der Waals surface area contributed by atoms with E-state index in [2.05, 4.69) is 4.98 Å². The molecule has 1 aromatic heterocycles. The molecule has 0 aliphatic carbocycles. The molecule has 20 heavy (non-hydrogen) atoms. The highest BCUT2D eigenvalue weighted by Crippen LogP contribution is 2.11. The number of carbonyl (C=O) groups excluding carboxylic acids is 1. The SMILES string of the molecule is Cc1ncc(C(=O)NS(=O)(=O)/C=C\c2ccccc2)s1. The minimum absolute atomic E-state index is 0.263. The molecule has 0 radical (unpaired) electrons. The molecule has 1 N–H and O–H groups in total. The number of aryl methyl sites for hydroxylation is 1. The Balaban J connectivity index is 2.08. The van der Waals surface area contributed by atoms with Gasteiger partial charge in [-0.25, -0.2) is 18.1 Å². The third kappa shape index (κ3) is 4.01. The zero-order valence-electron chi connectivity index (χ0n) is 10.6. The van der Waals surface area contributed by atoms with E-state index in [1.54, 1.807) is 31.2 Å². The summed E-state index contributed by atoms with van der Waals surface area (Å²) in [6.07, 6.45) is 2.78. The number of amides is 1. The van der Waals surface area contributed by atoms with Gasteiger partial charge in [-0.05, 0) is 18.6 Å². The third-order valence-electron chi connectivity index (χ3n) is 2.32. The first-order chi connectivity index (χ1) is 9.46. The highest BCUT2D eigenvalue weighted by atomic mass is 32.2. The number of nitrogens with zero attached hydrogens (tertiary/aromatic N) is 1. The topological polar surface area (TPSA) is 76.1 Å². The largest absolute Gasteiger partial charge is 0.276 e. The van der Waals surface area contributed by atoms with Gasteiger partial charge in [0.2, 0.25) is 0 Å². The predicted molar refractivity (Wildman–Crippen MR) is 78.7 cm³/mol. The normalized spacial score (nSPS) is 11.7. The fourth-order valence-electron chi connectivity index (χ4n) is 1.41. The van der Waals surface area contributed by atoms with Crippen molar-refractivity contribution in [2.75, 3.05) is 0 Å². The maximum absolute atomic E-state index is 11.8.